The molecule has 2 aliphatic rings. The first-order valence-corrected chi connectivity index (χ1v) is 11.6. The molecule has 2 unspecified atom stereocenters. The van der Waals surface area contributed by atoms with Crippen LogP contribution >= 0.6 is 0 Å². The monoisotopic (exact) mass is 456 g/mol. The van der Waals surface area contributed by atoms with E-state index in [0.29, 0.717) is 31.6 Å². The van der Waals surface area contributed by atoms with Gasteiger partial charge < -0.3 is 14.4 Å². The summed E-state index contributed by atoms with van der Waals surface area (Å²) in [7, 11) is 1.78. The van der Waals surface area contributed by atoms with Crippen LogP contribution in [0.25, 0.3) is 0 Å². The van der Waals surface area contributed by atoms with Crippen molar-refractivity contribution >= 4 is 5.91 Å². The van der Waals surface area contributed by atoms with Crippen LogP contribution in [-0.2, 0) is 26.9 Å². The molecule has 1 saturated heterocycles. The highest BCUT2D eigenvalue weighted by Crippen LogP contribution is 2.38. The largest absolute Gasteiger partial charge is 0.416 e. The first kappa shape index (κ1) is 25.0. The number of halogens is 3. The molecule has 1 aliphatic heterocycles. The Morgan fingerprint density at radius 3 is 2.44 bits per heavy atom. The Morgan fingerprint density at radius 1 is 1.19 bits per heavy atom. The van der Waals surface area contributed by atoms with Crippen molar-refractivity contribution in [3.05, 3.63) is 35.4 Å². The van der Waals surface area contributed by atoms with E-state index >= 15 is 0 Å². The zero-order valence-electron chi connectivity index (χ0n) is 19.3. The number of carbonyl (C=O) groups excluding carboxylic acids is 1. The van der Waals surface area contributed by atoms with Crippen molar-refractivity contribution in [2.75, 3.05) is 33.4 Å². The van der Waals surface area contributed by atoms with Crippen LogP contribution in [-0.4, -0.2) is 66.9 Å². The molecule has 0 aromatic heterocycles. The van der Waals surface area contributed by atoms with Gasteiger partial charge in [0.2, 0.25) is 5.91 Å². The number of ether oxygens (including phenoxy) is 2. The molecular formula is C24H35F3N2O3. The van der Waals surface area contributed by atoms with Gasteiger partial charge in [-0.1, -0.05) is 18.2 Å². The Bertz CT molecular complexity index is 759. The molecule has 0 radical (unpaired) electrons. The molecule has 1 aromatic carbocycles. The second-order valence-electron chi connectivity index (χ2n) is 8.78. The van der Waals surface area contributed by atoms with Gasteiger partial charge in [0.15, 0.2) is 5.79 Å². The molecule has 0 spiro atoms. The van der Waals surface area contributed by atoms with Gasteiger partial charge in [-0.3, -0.25) is 9.69 Å². The van der Waals surface area contributed by atoms with Crippen LogP contribution in [0, 0.1) is 0 Å². The van der Waals surface area contributed by atoms with Crippen molar-refractivity contribution in [1.29, 1.82) is 0 Å². The molecule has 2 fully saturated rings. The minimum absolute atomic E-state index is 0.0274. The van der Waals surface area contributed by atoms with Crippen LogP contribution in [0.2, 0.25) is 0 Å². The zero-order valence-corrected chi connectivity index (χ0v) is 19.3. The Labute approximate surface area is 188 Å². The average molecular weight is 457 g/mol. The van der Waals surface area contributed by atoms with Gasteiger partial charge in [-0.2, -0.15) is 13.2 Å². The third-order valence-corrected chi connectivity index (χ3v) is 6.71. The molecule has 1 aromatic rings. The average Bonchev–Trinajstić information content (AvgIpc) is 3.28. The lowest BCUT2D eigenvalue weighted by Crippen LogP contribution is -2.59. The summed E-state index contributed by atoms with van der Waals surface area (Å²) in [6, 6.07) is 5.11. The number of rotatable bonds is 8. The van der Waals surface area contributed by atoms with E-state index < -0.39 is 17.5 Å². The first-order chi connectivity index (χ1) is 15.2. The maximum Gasteiger partial charge on any atom is 0.416 e. The van der Waals surface area contributed by atoms with Gasteiger partial charge in [-0.15, -0.1) is 0 Å². The van der Waals surface area contributed by atoms with Crippen LogP contribution in [0.15, 0.2) is 24.3 Å². The quantitative estimate of drug-likeness (QED) is 0.541. The van der Waals surface area contributed by atoms with E-state index in [1.54, 1.807) is 18.0 Å². The molecule has 32 heavy (non-hydrogen) atoms. The van der Waals surface area contributed by atoms with Crippen LogP contribution < -0.4 is 0 Å². The third kappa shape index (κ3) is 5.83. The molecule has 0 bridgehead atoms. The van der Waals surface area contributed by atoms with Gasteiger partial charge >= 0.3 is 6.18 Å². The maximum atomic E-state index is 13.1. The van der Waals surface area contributed by atoms with E-state index in [2.05, 4.69) is 4.90 Å². The highest BCUT2D eigenvalue weighted by Gasteiger charge is 2.47. The summed E-state index contributed by atoms with van der Waals surface area (Å²) in [4.78, 5) is 17.3. The molecule has 1 aliphatic carbocycles. The second-order valence-corrected chi connectivity index (χ2v) is 8.78. The van der Waals surface area contributed by atoms with Gasteiger partial charge in [-0.05, 0) is 57.8 Å². The number of likely N-dealkylation sites (tertiary alicyclic amines) is 1. The summed E-state index contributed by atoms with van der Waals surface area (Å²) < 4.78 is 51.3. The number of alkyl halides is 3. The molecule has 180 valence electrons. The van der Waals surface area contributed by atoms with E-state index in [1.165, 1.54) is 6.07 Å². The molecule has 5 nitrogen and oxygen atoms in total. The van der Waals surface area contributed by atoms with Crippen molar-refractivity contribution < 1.29 is 27.4 Å². The van der Waals surface area contributed by atoms with Gasteiger partial charge in [0, 0.05) is 45.2 Å². The number of hydrogen-bond acceptors (Lipinski definition) is 4. The van der Waals surface area contributed by atoms with Crippen LogP contribution in [0.3, 0.4) is 0 Å². The number of hydrogen-bond donors (Lipinski definition) is 0. The lowest BCUT2D eigenvalue weighted by Gasteiger charge is -2.49. The number of likely N-dealkylation sites (N-methyl/N-ethyl adjacent to an activating group) is 1. The van der Waals surface area contributed by atoms with Crippen molar-refractivity contribution in [2.45, 2.75) is 76.4 Å². The van der Waals surface area contributed by atoms with E-state index in [0.717, 1.165) is 44.5 Å². The summed E-state index contributed by atoms with van der Waals surface area (Å²) in [5, 5.41) is 0. The standard InChI is InChI=1S/C24H35F3N2O3/c1-4-31-23(32-5-2)12-11-20(21(17-23)29-13-6-7-14-29)28(3)22(30)16-18-9-8-10-19(15-18)24(25,26)27/h8-10,15,20-21H,4-7,11-14,16-17H2,1-3H3. The Kier molecular flexibility index (Phi) is 8.22. The van der Waals surface area contributed by atoms with Gasteiger partial charge in [0.05, 0.1) is 12.0 Å². The third-order valence-electron chi connectivity index (χ3n) is 6.71. The molecule has 1 saturated carbocycles. The number of carbonyl (C=O) groups is 1. The number of nitrogens with zero attached hydrogens (tertiary/aromatic N) is 2. The summed E-state index contributed by atoms with van der Waals surface area (Å²) in [6.07, 6.45) is -0.122. The van der Waals surface area contributed by atoms with Crippen LogP contribution in [0.4, 0.5) is 13.2 Å². The molecule has 3 rings (SSSR count). The predicted octanol–water partition coefficient (Wildman–Crippen LogP) is 4.49. The Hall–Kier alpha value is -1.64. The SMILES string of the molecule is CCOC1(OCC)CCC(N(C)C(=O)Cc2cccc(C(F)(F)F)c2)C(N2CCCC2)C1. The minimum Gasteiger partial charge on any atom is -0.350 e. The molecule has 1 amide bonds. The molecule has 2 atom stereocenters. The highest BCUT2D eigenvalue weighted by atomic mass is 19.4. The summed E-state index contributed by atoms with van der Waals surface area (Å²) in [6.45, 7) is 6.99. The molecule has 0 N–H and O–H groups in total. The first-order valence-electron chi connectivity index (χ1n) is 11.6. The van der Waals surface area contributed by atoms with Crippen LogP contribution in [0.1, 0.15) is 57.1 Å². The van der Waals surface area contributed by atoms with Crippen molar-refractivity contribution in [1.82, 2.24) is 9.80 Å². The Morgan fingerprint density at radius 2 is 1.84 bits per heavy atom. The van der Waals surface area contributed by atoms with E-state index in [-0.39, 0.29) is 24.4 Å². The van der Waals surface area contributed by atoms with E-state index in [4.69, 9.17) is 9.47 Å². The molecule has 8 heteroatoms. The fourth-order valence-corrected chi connectivity index (χ4v) is 5.19. The van der Waals surface area contributed by atoms with Crippen LogP contribution in [0.5, 0.6) is 0 Å². The topological polar surface area (TPSA) is 42.0 Å². The van der Waals surface area contributed by atoms with E-state index in [9.17, 15) is 18.0 Å². The fraction of sp³-hybridized carbons (Fsp3) is 0.708. The molecule has 1 heterocycles. The minimum atomic E-state index is -4.42. The maximum absolute atomic E-state index is 13.1. The van der Waals surface area contributed by atoms with Crippen molar-refractivity contribution in [3.63, 3.8) is 0 Å². The number of benzene rings is 1. The summed E-state index contributed by atoms with van der Waals surface area (Å²) >= 11 is 0. The van der Waals surface area contributed by atoms with Gasteiger partial charge in [-0.25, -0.2) is 0 Å². The van der Waals surface area contributed by atoms with Gasteiger partial charge in [0.1, 0.15) is 0 Å². The van der Waals surface area contributed by atoms with E-state index in [1.807, 2.05) is 13.8 Å². The Balaban J connectivity index is 1.76. The number of amides is 1. The fourth-order valence-electron chi connectivity index (χ4n) is 5.19. The second kappa shape index (κ2) is 10.5. The normalized spacial score (nSPS) is 23.9. The van der Waals surface area contributed by atoms with Crippen molar-refractivity contribution in [3.8, 4) is 0 Å². The molecular weight excluding hydrogens is 421 g/mol. The van der Waals surface area contributed by atoms with Crippen molar-refractivity contribution in [2.24, 2.45) is 0 Å². The lowest BCUT2D eigenvalue weighted by atomic mass is 9.83. The highest BCUT2D eigenvalue weighted by molar-refractivity contribution is 5.79. The lowest BCUT2D eigenvalue weighted by molar-refractivity contribution is -0.261. The zero-order chi connectivity index (χ0) is 23.4. The predicted molar refractivity (Wildman–Crippen MR) is 116 cm³/mol. The summed E-state index contributed by atoms with van der Waals surface area (Å²) in [5.74, 6) is -0.808. The smallest absolute Gasteiger partial charge is 0.350 e. The summed E-state index contributed by atoms with van der Waals surface area (Å²) in [5.41, 5.74) is -0.348. The van der Waals surface area contributed by atoms with Gasteiger partial charge in [0.25, 0.3) is 0 Å².